The quantitative estimate of drug-likeness (QED) is 0.214. The third-order valence-corrected chi connectivity index (χ3v) is 17.0. The Bertz CT molecular complexity index is 1080. The Labute approximate surface area is 225 Å². The first-order valence-electron chi connectivity index (χ1n) is 13.6. The van der Waals surface area contributed by atoms with Gasteiger partial charge in [-0.3, -0.25) is 0 Å². The smallest absolute Gasteiger partial charge is 0.244 e. The highest BCUT2D eigenvalue weighted by atomic mass is 28.4. The predicted molar refractivity (Wildman–Crippen MR) is 166 cm³/mol. The molecule has 0 aliphatic carbocycles. The molecule has 0 fully saturated rings. The molecule has 0 radical (unpaired) electrons. The largest absolute Gasteiger partial charge is 0.416 e. The lowest BCUT2D eigenvalue weighted by molar-refractivity contribution is 0.690. The highest BCUT2D eigenvalue weighted by Gasteiger charge is 2.48. The lowest BCUT2D eigenvalue weighted by Crippen LogP contribution is -2.80. The second kappa shape index (κ2) is 13.0. The second-order valence-electron chi connectivity index (χ2n) is 10.3. The number of hydrogen-bond acceptors (Lipinski definition) is 3. The summed E-state index contributed by atoms with van der Waals surface area (Å²) in [6.07, 6.45) is 2.06. The molecule has 4 rings (SSSR count). The van der Waals surface area contributed by atoms with Gasteiger partial charge in [0.15, 0.2) is 0 Å². The lowest BCUT2D eigenvalue weighted by Gasteiger charge is -2.49. The minimum atomic E-state index is -2.69. The molecule has 4 N–H and O–H groups in total. The van der Waals surface area contributed by atoms with Gasteiger partial charge in [0.2, 0.25) is 8.24 Å². The molecule has 192 valence electrons. The van der Waals surface area contributed by atoms with Crippen molar-refractivity contribution in [2.75, 3.05) is 4.23 Å². The third-order valence-electron chi connectivity index (χ3n) is 7.25. The molecule has 0 spiro atoms. The van der Waals surface area contributed by atoms with E-state index >= 15 is 0 Å². The zero-order valence-corrected chi connectivity index (χ0v) is 24.4. The fourth-order valence-electron chi connectivity index (χ4n) is 5.54. The number of nitrogens with two attached hydrogens (primary N) is 2. The van der Waals surface area contributed by atoms with Crippen molar-refractivity contribution in [1.82, 2.24) is 0 Å². The van der Waals surface area contributed by atoms with Gasteiger partial charge in [-0.2, -0.15) is 0 Å². The Hall–Kier alpha value is -2.97. The first-order valence-corrected chi connectivity index (χ1v) is 17.6. The number of benzene rings is 4. The summed E-state index contributed by atoms with van der Waals surface area (Å²) in [5.41, 5.74) is 14.1. The molecule has 4 aromatic rings. The van der Waals surface area contributed by atoms with Gasteiger partial charge < -0.3 is 15.7 Å². The molecule has 4 aromatic carbocycles. The van der Waals surface area contributed by atoms with Crippen molar-refractivity contribution >= 4 is 38.4 Å². The monoisotopic (exact) mass is 523 g/mol. The molecule has 0 bridgehead atoms. The molecule has 5 heteroatoms. The van der Waals surface area contributed by atoms with Gasteiger partial charge in [-0.15, -0.1) is 0 Å². The summed E-state index contributed by atoms with van der Waals surface area (Å²) in [5, 5.41) is 4.24. The fraction of sp³-hybridized carbons (Fsp3) is 0.250. The van der Waals surface area contributed by atoms with E-state index in [2.05, 4.69) is 139 Å². The minimum Gasteiger partial charge on any atom is -0.416 e. The molecule has 0 saturated carbocycles. The summed E-state index contributed by atoms with van der Waals surface area (Å²) < 4.78 is 2.94. The van der Waals surface area contributed by atoms with Crippen molar-refractivity contribution in [3.63, 3.8) is 0 Å². The van der Waals surface area contributed by atoms with Crippen LogP contribution >= 0.6 is 0 Å². The summed E-state index contributed by atoms with van der Waals surface area (Å²) in [6, 6.07) is 47.5. The maximum Gasteiger partial charge on any atom is 0.244 e. The predicted octanol–water partition coefficient (Wildman–Crippen LogP) is 4.36. The van der Waals surface area contributed by atoms with Gasteiger partial charge in [-0.1, -0.05) is 109 Å². The standard InChI is InChI=1S/C32H41N3Si2/c1-27(33)23-25-36(26-24-28(2)34)35(29-15-7-3-8-16-29)37(30-17-9-4-10-18-30,31-19-11-5-12-20-31)32-21-13-6-14-22-32/h3-22,27-28,36H,23-26,33-34H2,1-2H3. The summed E-state index contributed by atoms with van der Waals surface area (Å²) >= 11 is 0. The Balaban J connectivity index is 2.07. The molecule has 0 aliphatic rings. The summed E-state index contributed by atoms with van der Waals surface area (Å²) in [4.78, 5) is 0. The van der Waals surface area contributed by atoms with E-state index in [1.54, 1.807) is 0 Å². The summed E-state index contributed by atoms with van der Waals surface area (Å²) in [5.74, 6) is 0. The van der Waals surface area contributed by atoms with Crippen molar-refractivity contribution in [3.05, 3.63) is 121 Å². The highest BCUT2D eigenvalue weighted by molar-refractivity contribution is 7.18. The minimum absolute atomic E-state index is 0.184. The highest BCUT2D eigenvalue weighted by Crippen LogP contribution is 2.28. The van der Waals surface area contributed by atoms with E-state index in [9.17, 15) is 0 Å². The zero-order valence-electron chi connectivity index (χ0n) is 22.2. The Morgan fingerprint density at radius 3 is 1.22 bits per heavy atom. The Kier molecular flexibility index (Phi) is 9.53. The van der Waals surface area contributed by atoms with Gasteiger partial charge in [0.05, 0.1) is 0 Å². The number of rotatable bonds is 12. The molecular formula is C32H41N3Si2. The summed E-state index contributed by atoms with van der Waals surface area (Å²) in [7, 11) is -4.27. The number of para-hydroxylation sites is 1. The maximum atomic E-state index is 6.37. The van der Waals surface area contributed by atoms with E-state index < -0.39 is 17.2 Å². The normalized spacial score (nSPS) is 14.1. The molecule has 0 aromatic heterocycles. The average Bonchev–Trinajstić information content (AvgIpc) is 2.94. The van der Waals surface area contributed by atoms with E-state index in [1.165, 1.54) is 21.2 Å². The SMILES string of the molecule is CC(N)CC[SiH](CCC(C)N)N(c1ccccc1)[Si](c1ccccc1)(c1ccccc1)c1ccccc1. The van der Waals surface area contributed by atoms with Crippen LogP contribution < -0.4 is 31.3 Å². The molecule has 37 heavy (non-hydrogen) atoms. The van der Waals surface area contributed by atoms with Crippen LogP contribution in [0.25, 0.3) is 0 Å². The van der Waals surface area contributed by atoms with Crippen molar-refractivity contribution in [2.45, 2.75) is 50.9 Å². The van der Waals surface area contributed by atoms with Gasteiger partial charge in [0.25, 0.3) is 0 Å². The molecular weight excluding hydrogens is 483 g/mol. The number of hydrogen-bond donors (Lipinski definition) is 2. The zero-order chi connectivity index (χ0) is 26.1. The first-order chi connectivity index (χ1) is 18.0. The molecule has 2 atom stereocenters. The van der Waals surface area contributed by atoms with Crippen LogP contribution in [-0.4, -0.2) is 29.3 Å². The van der Waals surface area contributed by atoms with Crippen molar-refractivity contribution in [3.8, 4) is 0 Å². The first kappa shape index (κ1) is 27.1. The van der Waals surface area contributed by atoms with E-state index in [0.29, 0.717) is 0 Å². The molecule has 3 nitrogen and oxygen atoms in total. The Morgan fingerprint density at radius 2 is 0.892 bits per heavy atom. The van der Waals surface area contributed by atoms with Crippen molar-refractivity contribution in [2.24, 2.45) is 11.5 Å². The number of nitrogens with zero attached hydrogens (tertiary/aromatic N) is 1. The van der Waals surface area contributed by atoms with Gasteiger partial charge >= 0.3 is 0 Å². The van der Waals surface area contributed by atoms with E-state index in [1.807, 2.05) is 0 Å². The van der Waals surface area contributed by atoms with Gasteiger partial charge in [0, 0.05) is 17.8 Å². The molecule has 0 amide bonds. The van der Waals surface area contributed by atoms with Crippen LogP contribution in [-0.2, 0) is 0 Å². The average molecular weight is 524 g/mol. The van der Waals surface area contributed by atoms with Crippen LogP contribution in [0, 0.1) is 0 Å². The van der Waals surface area contributed by atoms with Crippen LogP contribution in [0.2, 0.25) is 12.1 Å². The lowest BCUT2D eigenvalue weighted by atomic mass is 10.3. The van der Waals surface area contributed by atoms with Gasteiger partial charge in [-0.25, -0.2) is 0 Å². The van der Waals surface area contributed by atoms with Crippen molar-refractivity contribution in [1.29, 1.82) is 0 Å². The topological polar surface area (TPSA) is 55.3 Å². The fourth-order valence-corrected chi connectivity index (χ4v) is 17.5. The molecule has 0 saturated heterocycles. The van der Waals surface area contributed by atoms with Gasteiger partial charge in [0.1, 0.15) is 8.96 Å². The number of anilines is 1. The van der Waals surface area contributed by atoms with Crippen LogP contribution in [0.3, 0.4) is 0 Å². The van der Waals surface area contributed by atoms with E-state index in [-0.39, 0.29) is 12.1 Å². The molecule has 2 unspecified atom stereocenters. The van der Waals surface area contributed by atoms with E-state index in [0.717, 1.165) is 24.9 Å². The van der Waals surface area contributed by atoms with Gasteiger partial charge in [-0.05, 0) is 66.5 Å². The van der Waals surface area contributed by atoms with Crippen LogP contribution in [0.5, 0.6) is 0 Å². The van der Waals surface area contributed by atoms with Crippen LogP contribution in [0.1, 0.15) is 26.7 Å². The molecule has 0 aliphatic heterocycles. The second-order valence-corrected chi connectivity index (χ2v) is 17.4. The van der Waals surface area contributed by atoms with Crippen LogP contribution in [0.4, 0.5) is 5.69 Å². The molecule has 0 heterocycles. The maximum absolute atomic E-state index is 6.37. The summed E-state index contributed by atoms with van der Waals surface area (Å²) in [6.45, 7) is 4.28. The van der Waals surface area contributed by atoms with Crippen molar-refractivity contribution < 1.29 is 0 Å². The third kappa shape index (κ3) is 6.31. The van der Waals surface area contributed by atoms with Crippen LogP contribution in [0.15, 0.2) is 121 Å². The van der Waals surface area contributed by atoms with E-state index in [4.69, 9.17) is 11.5 Å². The Morgan fingerprint density at radius 1 is 0.568 bits per heavy atom.